The molecule has 0 saturated carbocycles. The van der Waals surface area contributed by atoms with E-state index in [1.54, 1.807) is 13.0 Å². The molecule has 0 amide bonds. The molecule has 0 aliphatic carbocycles. The Kier molecular flexibility index (Phi) is 4.83. The van der Waals surface area contributed by atoms with Crippen molar-refractivity contribution in [2.75, 3.05) is 6.54 Å². The monoisotopic (exact) mass is 220 g/mol. The van der Waals surface area contributed by atoms with Crippen LogP contribution in [0.15, 0.2) is 12.1 Å². The highest BCUT2D eigenvalue weighted by molar-refractivity contribution is 5.85. The first kappa shape index (κ1) is 13.2. The predicted octanol–water partition coefficient (Wildman–Crippen LogP) is 1.22. The molecule has 3 nitrogen and oxygen atoms in total. The van der Waals surface area contributed by atoms with Crippen LogP contribution in [-0.2, 0) is 0 Å². The third kappa shape index (κ3) is 2.57. The van der Waals surface area contributed by atoms with Gasteiger partial charge in [-0.25, -0.2) is 4.39 Å². The number of aryl methyl sites for hydroxylation is 1. The van der Waals surface area contributed by atoms with Gasteiger partial charge >= 0.3 is 0 Å². The van der Waals surface area contributed by atoms with Gasteiger partial charge in [-0.1, -0.05) is 6.07 Å². The van der Waals surface area contributed by atoms with Crippen molar-refractivity contribution in [3.8, 4) is 5.75 Å². The van der Waals surface area contributed by atoms with Gasteiger partial charge in [-0.3, -0.25) is 0 Å². The Balaban J connectivity index is 0.00000169. The average molecular weight is 221 g/mol. The number of nitrogens with two attached hydrogens (primary N) is 2. The predicted molar refractivity (Wildman–Crippen MR) is 56.0 cm³/mol. The van der Waals surface area contributed by atoms with E-state index < -0.39 is 17.6 Å². The number of hydrogen-bond donors (Lipinski definition) is 3. The zero-order chi connectivity index (χ0) is 10.0. The van der Waals surface area contributed by atoms with Crippen LogP contribution in [0.2, 0.25) is 0 Å². The molecule has 0 aliphatic rings. The van der Waals surface area contributed by atoms with Gasteiger partial charge in [0, 0.05) is 18.2 Å². The third-order valence-corrected chi connectivity index (χ3v) is 1.89. The quantitative estimate of drug-likeness (QED) is 0.702. The van der Waals surface area contributed by atoms with Crippen LogP contribution < -0.4 is 11.5 Å². The van der Waals surface area contributed by atoms with Crippen molar-refractivity contribution in [2.45, 2.75) is 13.0 Å². The van der Waals surface area contributed by atoms with Gasteiger partial charge in [0.05, 0.1) is 0 Å². The Bertz CT molecular complexity index is 320. The molecule has 1 aromatic rings. The van der Waals surface area contributed by atoms with E-state index in [9.17, 15) is 9.50 Å². The second kappa shape index (κ2) is 5.14. The fourth-order valence-corrected chi connectivity index (χ4v) is 1.17. The van der Waals surface area contributed by atoms with E-state index in [2.05, 4.69) is 0 Å². The number of benzene rings is 1. The molecule has 80 valence electrons. The van der Waals surface area contributed by atoms with Crippen LogP contribution in [0, 0.1) is 12.7 Å². The summed E-state index contributed by atoms with van der Waals surface area (Å²) < 4.78 is 13.0. The zero-order valence-electron chi connectivity index (χ0n) is 7.83. The van der Waals surface area contributed by atoms with Crippen LogP contribution >= 0.6 is 12.4 Å². The molecule has 0 fully saturated rings. The minimum absolute atomic E-state index is 0. The highest BCUT2D eigenvalue weighted by atomic mass is 35.5. The standard InChI is InChI=1S/C9H13FN2O.ClH/c1-5-2-6(8(12)4-11)9(13)7(10)3-5;/h2-3,8,13H,4,11-12H2,1H3;1H/t8-;/m0./s1. The second-order valence-corrected chi connectivity index (χ2v) is 3.03. The highest BCUT2D eigenvalue weighted by Gasteiger charge is 2.13. The van der Waals surface area contributed by atoms with E-state index in [-0.39, 0.29) is 19.0 Å². The topological polar surface area (TPSA) is 72.3 Å². The fraction of sp³-hybridized carbons (Fsp3) is 0.333. The molecule has 1 aromatic carbocycles. The number of hydrogen-bond acceptors (Lipinski definition) is 3. The summed E-state index contributed by atoms with van der Waals surface area (Å²) in [7, 11) is 0. The Morgan fingerprint density at radius 1 is 1.50 bits per heavy atom. The van der Waals surface area contributed by atoms with Gasteiger partial charge in [0.25, 0.3) is 0 Å². The zero-order valence-corrected chi connectivity index (χ0v) is 8.64. The van der Waals surface area contributed by atoms with Crippen molar-refractivity contribution in [1.29, 1.82) is 0 Å². The number of aromatic hydroxyl groups is 1. The summed E-state index contributed by atoms with van der Waals surface area (Å²) in [5.41, 5.74) is 12.0. The molecule has 5 heteroatoms. The molecule has 1 atom stereocenters. The largest absolute Gasteiger partial charge is 0.505 e. The summed E-state index contributed by atoms with van der Waals surface area (Å²) in [4.78, 5) is 0. The summed E-state index contributed by atoms with van der Waals surface area (Å²) in [5, 5.41) is 9.31. The molecule has 14 heavy (non-hydrogen) atoms. The maximum absolute atomic E-state index is 13.0. The molecule has 0 aromatic heterocycles. The lowest BCUT2D eigenvalue weighted by Gasteiger charge is -2.12. The van der Waals surface area contributed by atoms with Gasteiger partial charge in [0.2, 0.25) is 0 Å². The summed E-state index contributed by atoms with van der Waals surface area (Å²) >= 11 is 0. The van der Waals surface area contributed by atoms with Gasteiger partial charge in [-0.2, -0.15) is 0 Å². The maximum Gasteiger partial charge on any atom is 0.165 e. The minimum atomic E-state index is -0.654. The Hall–Kier alpha value is -0.840. The highest BCUT2D eigenvalue weighted by Crippen LogP contribution is 2.26. The maximum atomic E-state index is 13.0. The number of halogens is 2. The van der Waals surface area contributed by atoms with Crippen LogP contribution in [0.3, 0.4) is 0 Å². The van der Waals surface area contributed by atoms with Crippen molar-refractivity contribution >= 4 is 12.4 Å². The van der Waals surface area contributed by atoms with Crippen molar-refractivity contribution in [3.05, 3.63) is 29.1 Å². The Morgan fingerprint density at radius 2 is 2.07 bits per heavy atom. The minimum Gasteiger partial charge on any atom is -0.505 e. The van der Waals surface area contributed by atoms with Gasteiger partial charge in [-0.15, -0.1) is 12.4 Å². The third-order valence-electron chi connectivity index (χ3n) is 1.89. The van der Waals surface area contributed by atoms with Crippen LogP contribution in [-0.4, -0.2) is 11.7 Å². The molecule has 0 unspecified atom stereocenters. The van der Waals surface area contributed by atoms with Gasteiger partial charge in [0.15, 0.2) is 11.6 Å². The van der Waals surface area contributed by atoms with E-state index in [0.717, 1.165) is 0 Å². The molecule has 0 saturated heterocycles. The molecule has 0 bridgehead atoms. The molecular weight excluding hydrogens is 207 g/mol. The number of phenolic OH excluding ortho intramolecular Hbond substituents is 1. The van der Waals surface area contributed by atoms with Crippen LogP contribution in [0.25, 0.3) is 0 Å². The summed E-state index contributed by atoms with van der Waals surface area (Å²) in [6.45, 7) is 1.91. The van der Waals surface area contributed by atoms with E-state index >= 15 is 0 Å². The van der Waals surface area contributed by atoms with E-state index in [0.29, 0.717) is 11.1 Å². The van der Waals surface area contributed by atoms with Crippen molar-refractivity contribution < 1.29 is 9.50 Å². The fourth-order valence-electron chi connectivity index (χ4n) is 1.17. The second-order valence-electron chi connectivity index (χ2n) is 3.03. The van der Waals surface area contributed by atoms with Gasteiger partial charge in [-0.05, 0) is 18.6 Å². The van der Waals surface area contributed by atoms with E-state index in [1.807, 2.05) is 0 Å². The van der Waals surface area contributed by atoms with Crippen LogP contribution in [0.1, 0.15) is 17.2 Å². The first-order valence-electron chi connectivity index (χ1n) is 4.01. The normalized spacial score (nSPS) is 12.0. The van der Waals surface area contributed by atoms with E-state index in [1.165, 1.54) is 6.07 Å². The molecule has 0 spiro atoms. The van der Waals surface area contributed by atoms with Gasteiger partial charge < -0.3 is 16.6 Å². The average Bonchev–Trinajstić information content (AvgIpc) is 2.10. The molecule has 0 heterocycles. The molecular formula is C9H14ClFN2O. The molecule has 0 aliphatic heterocycles. The lowest BCUT2D eigenvalue weighted by Crippen LogP contribution is -2.21. The summed E-state index contributed by atoms with van der Waals surface area (Å²) in [6.07, 6.45) is 0. The number of phenols is 1. The SMILES string of the molecule is Cc1cc(F)c(O)c([C@@H](N)CN)c1.Cl. The molecule has 0 radical (unpaired) electrons. The number of rotatable bonds is 2. The van der Waals surface area contributed by atoms with Crippen molar-refractivity contribution in [3.63, 3.8) is 0 Å². The summed E-state index contributed by atoms with van der Waals surface area (Å²) in [5.74, 6) is -1.05. The Morgan fingerprint density at radius 3 is 2.57 bits per heavy atom. The molecule has 1 rings (SSSR count). The first-order chi connectivity index (χ1) is 6.06. The Labute approximate surface area is 88.3 Å². The van der Waals surface area contributed by atoms with Crippen molar-refractivity contribution in [2.24, 2.45) is 11.5 Å². The van der Waals surface area contributed by atoms with Crippen molar-refractivity contribution in [1.82, 2.24) is 0 Å². The van der Waals surface area contributed by atoms with Crippen LogP contribution in [0.4, 0.5) is 4.39 Å². The lowest BCUT2D eigenvalue weighted by atomic mass is 10.0. The van der Waals surface area contributed by atoms with Gasteiger partial charge in [0.1, 0.15) is 0 Å². The smallest absolute Gasteiger partial charge is 0.165 e. The lowest BCUT2D eigenvalue weighted by molar-refractivity contribution is 0.420. The van der Waals surface area contributed by atoms with E-state index in [4.69, 9.17) is 11.5 Å². The molecule has 5 N–H and O–H groups in total. The summed E-state index contributed by atoms with van der Waals surface area (Å²) in [6, 6.07) is 2.37. The first-order valence-corrected chi connectivity index (χ1v) is 4.01. The van der Waals surface area contributed by atoms with Crippen LogP contribution in [0.5, 0.6) is 5.75 Å².